The molecule has 1 heterocycles. The van der Waals surface area contributed by atoms with Crippen LogP contribution >= 0.6 is 24.0 Å². The van der Waals surface area contributed by atoms with E-state index in [2.05, 4.69) is 25.9 Å². The molecule has 0 fully saturated rings. The van der Waals surface area contributed by atoms with E-state index in [9.17, 15) is 4.79 Å². The first-order chi connectivity index (χ1) is 13.2. The number of amides is 1. The summed E-state index contributed by atoms with van der Waals surface area (Å²) in [5.74, 6) is 0.837. The normalized spacial score (nSPS) is 10.7. The molecule has 0 saturated carbocycles. The topological polar surface area (TPSA) is 78.4 Å². The van der Waals surface area contributed by atoms with Gasteiger partial charge in [-0.3, -0.25) is 9.78 Å². The van der Waals surface area contributed by atoms with Crippen LogP contribution in [0.25, 0.3) is 0 Å². The summed E-state index contributed by atoms with van der Waals surface area (Å²) in [5, 5.41) is 9.48. The first-order valence-corrected chi connectivity index (χ1v) is 9.52. The minimum atomic E-state index is 0. The molecule has 152 valence electrons. The molecule has 0 bridgehead atoms. The van der Waals surface area contributed by atoms with Crippen LogP contribution in [-0.2, 0) is 17.8 Å². The highest BCUT2D eigenvalue weighted by atomic mass is 127. The van der Waals surface area contributed by atoms with Crippen LogP contribution in [0.2, 0.25) is 0 Å². The van der Waals surface area contributed by atoms with Crippen LogP contribution in [-0.4, -0.2) is 29.9 Å². The highest BCUT2D eigenvalue weighted by Crippen LogP contribution is 2.11. The van der Waals surface area contributed by atoms with Crippen LogP contribution in [0.4, 0.5) is 5.69 Å². The van der Waals surface area contributed by atoms with Crippen molar-refractivity contribution in [3.63, 3.8) is 0 Å². The van der Waals surface area contributed by atoms with Gasteiger partial charge in [0.2, 0.25) is 5.91 Å². The van der Waals surface area contributed by atoms with Gasteiger partial charge in [-0.2, -0.15) is 0 Å². The van der Waals surface area contributed by atoms with E-state index in [0.29, 0.717) is 13.0 Å². The molecule has 1 aromatic carbocycles. The number of aliphatic imine (C=N–C) groups is 1. The van der Waals surface area contributed by atoms with Gasteiger partial charge in [-0.1, -0.05) is 25.1 Å². The van der Waals surface area contributed by atoms with Gasteiger partial charge < -0.3 is 16.0 Å². The Labute approximate surface area is 184 Å². The van der Waals surface area contributed by atoms with Crippen LogP contribution in [0.5, 0.6) is 0 Å². The zero-order valence-electron chi connectivity index (χ0n) is 16.6. The number of hydrogen-bond acceptors (Lipinski definition) is 3. The summed E-state index contributed by atoms with van der Waals surface area (Å²) in [6.07, 6.45) is 4.04. The van der Waals surface area contributed by atoms with Crippen molar-refractivity contribution in [1.29, 1.82) is 0 Å². The summed E-state index contributed by atoms with van der Waals surface area (Å²) < 4.78 is 0. The molecular weight excluding hydrogens is 465 g/mol. The van der Waals surface area contributed by atoms with E-state index in [1.807, 2.05) is 62.5 Å². The van der Waals surface area contributed by atoms with E-state index in [4.69, 9.17) is 0 Å². The Bertz CT molecular complexity index is 719. The molecule has 6 nitrogen and oxygen atoms in total. The summed E-state index contributed by atoms with van der Waals surface area (Å²) in [7, 11) is 0. The molecule has 1 amide bonds. The van der Waals surface area contributed by atoms with Crippen molar-refractivity contribution in [3.8, 4) is 0 Å². The number of pyridine rings is 1. The van der Waals surface area contributed by atoms with Gasteiger partial charge in [0.05, 0.1) is 6.54 Å². The molecule has 7 heteroatoms. The summed E-state index contributed by atoms with van der Waals surface area (Å²) in [5.41, 5.74) is 2.97. The zero-order valence-corrected chi connectivity index (χ0v) is 18.9. The second-order valence-corrected chi connectivity index (χ2v) is 6.19. The predicted octanol–water partition coefficient (Wildman–Crippen LogP) is 3.74. The predicted molar refractivity (Wildman–Crippen MR) is 126 cm³/mol. The lowest BCUT2D eigenvalue weighted by Gasteiger charge is -2.11. The number of benzene rings is 1. The van der Waals surface area contributed by atoms with Crippen molar-refractivity contribution >= 4 is 41.5 Å². The largest absolute Gasteiger partial charge is 0.357 e. The number of guanidine groups is 1. The Kier molecular flexibility index (Phi) is 11.9. The van der Waals surface area contributed by atoms with Crippen LogP contribution < -0.4 is 16.0 Å². The minimum Gasteiger partial charge on any atom is -0.357 e. The second-order valence-electron chi connectivity index (χ2n) is 6.19. The van der Waals surface area contributed by atoms with Gasteiger partial charge in [0.1, 0.15) is 0 Å². The molecule has 0 aliphatic heterocycles. The van der Waals surface area contributed by atoms with E-state index >= 15 is 0 Å². The molecule has 2 aromatic rings. The Balaban J connectivity index is 0.00000392. The lowest BCUT2D eigenvalue weighted by molar-refractivity contribution is -0.116. The third kappa shape index (κ3) is 9.16. The molecule has 0 radical (unpaired) electrons. The number of hydrogen-bond donors (Lipinski definition) is 3. The van der Waals surface area contributed by atoms with Crippen LogP contribution in [0, 0.1) is 0 Å². The number of aromatic nitrogens is 1. The molecule has 0 atom stereocenters. The highest BCUT2D eigenvalue weighted by molar-refractivity contribution is 14.0. The lowest BCUT2D eigenvalue weighted by Crippen LogP contribution is -2.38. The van der Waals surface area contributed by atoms with E-state index < -0.39 is 0 Å². The number of carbonyl (C=O) groups excluding carboxylic acids is 1. The first-order valence-electron chi connectivity index (χ1n) is 9.52. The quantitative estimate of drug-likeness (QED) is 0.282. The van der Waals surface area contributed by atoms with E-state index in [1.165, 1.54) is 0 Å². The van der Waals surface area contributed by atoms with Gasteiger partial charge in [-0.05, 0) is 43.2 Å². The standard InChI is InChI=1S/C21H29N5O.HI/c1-3-7-20(27)26-19-11-9-17(10-12-19)16-25-21(22-4-2)24-15-13-18-8-5-6-14-23-18;/h5-6,8-12,14H,3-4,7,13,15-16H2,1-2H3,(H,26,27)(H2,22,24,25);1H. The maximum Gasteiger partial charge on any atom is 0.224 e. The zero-order chi connectivity index (χ0) is 19.3. The molecule has 0 aliphatic rings. The van der Waals surface area contributed by atoms with Crippen molar-refractivity contribution in [2.24, 2.45) is 4.99 Å². The summed E-state index contributed by atoms with van der Waals surface area (Å²) >= 11 is 0. The molecule has 0 aliphatic carbocycles. The number of halogens is 1. The average Bonchev–Trinajstić information content (AvgIpc) is 2.68. The van der Waals surface area contributed by atoms with Crippen LogP contribution in [0.3, 0.4) is 0 Å². The van der Waals surface area contributed by atoms with Gasteiger partial charge in [0, 0.05) is 43.5 Å². The van der Waals surface area contributed by atoms with Gasteiger partial charge in [-0.25, -0.2) is 4.99 Å². The SMILES string of the molecule is CCCC(=O)Nc1ccc(CN=C(NCC)NCCc2ccccn2)cc1.I. The maximum absolute atomic E-state index is 11.6. The van der Waals surface area contributed by atoms with Crippen molar-refractivity contribution < 1.29 is 4.79 Å². The Hall–Kier alpha value is -2.16. The van der Waals surface area contributed by atoms with E-state index in [0.717, 1.165) is 48.8 Å². The summed E-state index contributed by atoms with van der Waals surface area (Å²) in [6.45, 7) is 6.18. The number of nitrogens with one attached hydrogen (secondary N) is 3. The third-order valence-corrected chi connectivity index (χ3v) is 3.88. The number of anilines is 1. The summed E-state index contributed by atoms with van der Waals surface area (Å²) in [6, 6.07) is 13.7. The van der Waals surface area contributed by atoms with Crippen molar-refractivity contribution in [3.05, 3.63) is 59.9 Å². The number of nitrogens with zero attached hydrogens (tertiary/aromatic N) is 2. The molecule has 1 aromatic heterocycles. The Morgan fingerprint density at radius 1 is 1.07 bits per heavy atom. The fraction of sp³-hybridized carbons (Fsp3) is 0.381. The first kappa shape index (κ1) is 23.9. The summed E-state index contributed by atoms with van der Waals surface area (Å²) in [4.78, 5) is 20.6. The number of carbonyl (C=O) groups is 1. The van der Waals surface area contributed by atoms with Crippen molar-refractivity contribution in [2.45, 2.75) is 39.7 Å². The van der Waals surface area contributed by atoms with Crippen molar-refractivity contribution in [2.75, 3.05) is 18.4 Å². The molecule has 0 spiro atoms. The molecular formula is C21H30IN5O. The highest BCUT2D eigenvalue weighted by Gasteiger charge is 2.02. The maximum atomic E-state index is 11.6. The molecule has 2 rings (SSSR count). The fourth-order valence-corrected chi connectivity index (χ4v) is 2.51. The fourth-order valence-electron chi connectivity index (χ4n) is 2.51. The van der Waals surface area contributed by atoms with Gasteiger partial charge in [-0.15, -0.1) is 24.0 Å². The van der Waals surface area contributed by atoms with Crippen molar-refractivity contribution in [1.82, 2.24) is 15.6 Å². The monoisotopic (exact) mass is 495 g/mol. The third-order valence-electron chi connectivity index (χ3n) is 3.88. The Morgan fingerprint density at radius 3 is 2.50 bits per heavy atom. The lowest BCUT2D eigenvalue weighted by atomic mass is 10.2. The van der Waals surface area contributed by atoms with Crippen LogP contribution in [0.1, 0.15) is 37.9 Å². The Morgan fingerprint density at radius 2 is 1.86 bits per heavy atom. The molecule has 3 N–H and O–H groups in total. The average molecular weight is 495 g/mol. The smallest absolute Gasteiger partial charge is 0.224 e. The minimum absolute atomic E-state index is 0. The second kappa shape index (κ2) is 13.9. The van der Waals surface area contributed by atoms with E-state index in [1.54, 1.807) is 0 Å². The van der Waals surface area contributed by atoms with Gasteiger partial charge >= 0.3 is 0 Å². The van der Waals surface area contributed by atoms with Gasteiger partial charge in [0.15, 0.2) is 5.96 Å². The van der Waals surface area contributed by atoms with Gasteiger partial charge in [0.25, 0.3) is 0 Å². The molecule has 0 unspecified atom stereocenters. The van der Waals surface area contributed by atoms with Crippen LogP contribution in [0.15, 0.2) is 53.7 Å². The molecule has 0 saturated heterocycles. The van der Waals surface area contributed by atoms with E-state index in [-0.39, 0.29) is 29.9 Å². The number of rotatable bonds is 9. The molecule has 28 heavy (non-hydrogen) atoms.